The Balaban J connectivity index is 2.10. The van der Waals surface area contributed by atoms with Gasteiger partial charge in [-0.2, -0.15) is 0 Å². The number of nitrogens with one attached hydrogen (secondary N) is 1. The molecule has 0 aliphatic rings. The SMILES string of the molecule is COc1ccccc1[C@H](CNC(=O)c1ccc(C(C)(C)C)cc1)N(C)C. The average molecular weight is 354 g/mol. The summed E-state index contributed by atoms with van der Waals surface area (Å²) in [5, 5.41) is 3.05. The van der Waals surface area contributed by atoms with Crippen molar-refractivity contribution in [1.82, 2.24) is 10.2 Å². The minimum absolute atomic E-state index is 0.0314. The summed E-state index contributed by atoms with van der Waals surface area (Å²) in [5.74, 6) is 0.766. The number of methoxy groups -OCH3 is 1. The largest absolute Gasteiger partial charge is 0.496 e. The van der Waals surface area contributed by atoms with Gasteiger partial charge in [-0.25, -0.2) is 0 Å². The van der Waals surface area contributed by atoms with Crippen LogP contribution in [0, 0.1) is 0 Å². The second kappa shape index (κ2) is 8.37. The Morgan fingerprint density at radius 1 is 1.08 bits per heavy atom. The second-order valence-electron chi connectivity index (χ2n) is 7.76. The Kier molecular flexibility index (Phi) is 6.43. The van der Waals surface area contributed by atoms with E-state index in [2.05, 4.69) is 31.0 Å². The van der Waals surface area contributed by atoms with E-state index < -0.39 is 0 Å². The van der Waals surface area contributed by atoms with Crippen LogP contribution in [0.25, 0.3) is 0 Å². The molecule has 4 heteroatoms. The van der Waals surface area contributed by atoms with Gasteiger partial charge in [0.15, 0.2) is 0 Å². The molecule has 0 unspecified atom stereocenters. The molecule has 1 atom stereocenters. The minimum Gasteiger partial charge on any atom is -0.496 e. The van der Waals surface area contributed by atoms with E-state index in [1.54, 1.807) is 7.11 Å². The third-order valence-electron chi connectivity index (χ3n) is 4.59. The fourth-order valence-electron chi connectivity index (χ4n) is 2.93. The molecule has 0 saturated carbocycles. The van der Waals surface area contributed by atoms with Crippen molar-refractivity contribution in [2.75, 3.05) is 27.7 Å². The number of carbonyl (C=O) groups is 1. The first-order chi connectivity index (χ1) is 12.2. The Bertz CT molecular complexity index is 731. The predicted octanol–water partition coefficient (Wildman–Crippen LogP) is 4.03. The van der Waals surface area contributed by atoms with Crippen LogP contribution < -0.4 is 10.1 Å². The number of ether oxygens (including phenoxy) is 1. The normalized spacial score (nSPS) is 12.7. The first-order valence-corrected chi connectivity index (χ1v) is 8.92. The number of para-hydroxylation sites is 1. The van der Waals surface area contributed by atoms with Crippen LogP contribution in [0.2, 0.25) is 0 Å². The standard InChI is InChI=1S/C22H30N2O2/c1-22(2,3)17-13-11-16(12-14-17)21(25)23-15-19(24(4)5)18-9-7-8-10-20(18)26-6/h7-14,19H,15H2,1-6H3,(H,23,25)/t19-/m0/s1. The maximum absolute atomic E-state index is 12.6. The van der Waals surface area contributed by atoms with Crippen LogP contribution in [0.5, 0.6) is 5.75 Å². The highest BCUT2D eigenvalue weighted by Gasteiger charge is 2.20. The molecule has 0 aliphatic heterocycles. The van der Waals surface area contributed by atoms with Crippen molar-refractivity contribution >= 4 is 5.91 Å². The minimum atomic E-state index is -0.0628. The summed E-state index contributed by atoms with van der Waals surface area (Å²) in [4.78, 5) is 14.6. The fraction of sp³-hybridized carbons (Fsp3) is 0.409. The third kappa shape index (κ3) is 4.85. The van der Waals surface area contributed by atoms with E-state index in [0.29, 0.717) is 12.1 Å². The van der Waals surface area contributed by atoms with Crippen molar-refractivity contribution < 1.29 is 9.53 Å². The summed E-state index contributed by atoms with van der Waals surface area (Å²) < 4.78 is 5.47. The molecule has 1 N–H and O–H groups in total. The van der Waals surface area contributed by atoms with Crippen LogP contribution in [0.3, 0.4) is 0 Å². The summed E-state index contributed by atoms with van der Waals surface area (Å²) in [6.45, 7) is 7.00. The van der Waals surface area contributed by atoms with E-state index in [1.165, 1.54) is 5.56 Å². The highest BCUT2D eigenvalue weighted by Crippen LogP contribution is 2.27. The van der Waals surface area contributed by atoms with E-state index in [-0.39, 0.29) is 17.4 Å². The van der Waals surface area contributed by atoms with Crippen molar-refractivity contribution in [2.45, 2.75) is 32.2 Å². The number of hydrogen-bond acceptors (Lipinski definition) is 3. The first kappa shape index (κ1) is 20.0. The Morgan fingerprint density at radius 3 is 2.23 bits per heavy atom. The topological polar surface area (TPSA) is 41.6 Å². The molecule has 0 fully saturated rings. The summed E-state index contributed by atoms with van der Waals surface area (Å²) in [6, 6.07) is 15.8. The van der Waals surface area contributed by atoms with Gasteiger partial charge in [0.05, 0.1) is 13.2 Å². The maximum Gasteiger partial charge on any atom is 0.251 e. The van der Waals surface area contributed by atoms with Crippen molar-refractivity contribution in [1.29, 1.82) is 0 Å². The highest BCUT2D eigenvalue weighted by molar-refractivity contribution is 5.94. The van der Waals surface area contributed by atoms with E-state index in [1.807, 2.05) is 62.6 Å². The Labute approximate surface area is 157 Å². The van der Waals surface area contributed by atoms with Gasteiger partial charge in [0.2, 0.25) is 0 Å². The van der Waals surface area contributed by atoms with Crippen molar-refractivity contribution in [3.05, 3.63) is 65.2 Å². The van der Waals surface area contributed by atoms with Gasteiger partial charge in [0, 0.05) is 17.7 Å². The molecule has 2 aromatic carbocycles. The lowest BCUT2D eigenvalue weighted by molar-refractivity contribution is 0.0941. The molecule has 0 spiro atoms. The van der Waals surface area contributed by atoms with Gasteiger partial charge >= 0.3 is 0 Å². The van der Waals surface area contributed by atoms with Gasteiger partial charge in [-0.15, -0.1) is 0 Å². The van der Waals surface area contributed by atoms with Gasteiger partial charge < -0.3 is 15.0 Å². The van der Waals surface area contributed by atoms with Gasteiger partial charge in [0.25, 0.3) is 5.91 Å². The molecule has 4 nitrogen and oxygen atoms in total. The van der Waals surface area contributed by atoms with Gasteiger partial charge in [-0.3, -0.25) is 4.79 Å². The molecule has 2 rings (SSSR count). The monoisotopic (exact) mass is 354 g/mol. The molecule has 0 aliphatic carbocycles. The van der Waals surface area contributed by atoms with Crippen LogP contribution in [-0.2, 0) is 5.41 Å². The highest BCUT2D eigenvalue weighted by atomic mass is 16.5. The average Bonchev–Trinajstić information content (AvgIpc) is 2.61. The molecule has 2 aromatic rings. The second-order valence-corrected chi connectivity index (χ2v) is 7.76. The number of rotatable bonds is 6. The van der Waals surface area contributed by atoms with Crippen LogP contribution in [0.15, 0.2) is 48.5 Å². The zero-order chi connectivity index (χ0) is 19.3. The van der Waals surface area contributed by atoms with Crippen LogP contribution >= 0.6 is 0 Å². The lowest BCUT2D eigenvalue weighted by atomic mass is 9.87. The molecular weight excluding hydrogens is 324 g/mol. The summed E-state index contributed by atoms with van der Waals surface area (Å²) >= 11 is 0. The molecule has 1 amide bonds. The molecule has 0 saturated heterocycles. The zero-order valence-electron chi connectivity index (χ0n) is 16.7. The van der Waals surface area contributed by atoms with Gasteiger partial charge in [-0.05, 0) is 43.3 Å². The van der Waals surface area contributed by atoms with Crippen LogP contribution in [-0.4, -0.2) is 38.6 Å². The summed E-state index contributed by atoms with van der Waals surface area (Å²) in [7, 11) is 5.67. The maximum atomic E-state index is 12.6. The number of benzene rings is 2. The smallest absolute Gasteiger partial charge is 0.251 e. The number of nitrogens with zero attached hydrogens (tertiary/aromatic N) is 1. The molecule has 0 radical (unpaired) electrons. The number of carbonyl (C=O) groups excluding carboxylic acids is 1. The van der Waals surface area contributed by atoms with E-state index >= 15 is 0 Å². The summed E-state index contributed by atoms with van der Waals surface area (Å²) in [5.41, 5.74) is 3.03. The number of hydrogen-bond donors (Lipinski definition) is 1. The molecular formula is C22H30N2O2. The summed E-state index contributed by atoms with van der Waals surface area (Å²) in [6.07, 6.45) is 0. The van der Waals surface area contributed by atoms with Crippen molar-refractivity contribution in [3.8, 4) is 5.75 Å². The first-order valence-electron chi connectivity index (χ1n) is 8.92. The van der Waals surface area contributed by atoms with E-state index in [0.717, 1.165) is 11.3 Å². The molecule has 140 valence electrons. The molecule has 26 heavy (non-hydrogen) atoms. The number of amides is 1. The number of likely N-dealkylation sites (N-methyl/N-ethyl adjacent to an activating group) is 1. The lowest BCUT2D eigenvalue weighted by Gasteiger charge is -2.26. The van der Waals surface area contributed by atoms with Crippen molar-refractivity contribution in [3.63, 3.8) is 0 Å². The quantitative estimate of drug-likeness (QED) is 0.852. The Morgan fingerprint density at radius 2 is 1.69 bits per heavy atom. The third-order valence-corrected chi connectivity index (χ3v) is 4.59. The zero-order valence-corrected chi connectivity index (χ0v) is 16.7. The molecule has 0 bridgehead atoms. The lowest BCUT2D eigenvalue weighted by Crippen LogP contribution is -2.34. The predicted molar refractivity (Wildman–Crippen MR) is 107 cm³/mol. The molecule has 0 aromatic heterocycles. The van der Waals surface area contributed by atoms with Crippen LogP contribution in [0.1, 0.15) is 48.3 Å². The van der Waals surface area contributed by atoms with Crippen LogP contribution in [0.4, 0.5) is 0 Å². The van der Waals surface area contributed by atoms with E-state index in [9.17, 15) is 4.79 Å². The van der Waals surface area contributed by atoms with E-state index in [4.69, 9.17) is 4.74 Å². The van der Waals surface area contributed by atoms with Crippen molar-refractivity contribution in [2.24, 2.45) is 0 Å². The Hall–Kier alpha value is -2.33. The van der Waals surface area contributed by atoms with Gasteiger partial charge in [0.1, 0.15) is 5.75 Å². The fourth-order valence-corrected chi connectivity index (χ4v) is 2.93. The molecule has 0 heterocycles. The van der Waals surface area contributed by atoms with Gasteiger partial charge in [-0.1, -0.05) is 51.1 Å².